The first kappa shape index (κ1) is 20.4. The van der Waals surface area contributed by atoms with Crippen molar-refractivity contribution in [2.75, 3.05) is 65.3 Å². The number of nitrogen functional groups attached to an aromatic ring is 1. The quantitative estimate of drug-likeness (QED) is 0.469. The maximum absolute atomic E-state index is 6.34. The molecular weight excluding hydrogens is 382 g/mol. The van der Waals surface area contributed by atoms with Crippen LogP contribution in [0.25, 0.3) is 21.7 Å². The van der Waals surface area contributed by atoms with Gasteiger partial charge in [0.05, 0.1) is 19.2 Å². The molecule has 3 aromatic rings. The minimum atomic E-state index is 0.419. The maximum Gasteiger partial charge on any atom is 0.163 e. The van der Waals surface area contributed by atoms with Crippen LogP contribution in [-0.4, -0.2) is 75.5 Å². The van der Waals surface area contributed by atoms with E-state index in [1.807, 2.05) is 12.1 Å². The summed E-state index contributed by atoms with van der Waals surface area (Å²) in [5.74, 6) is 2.64. The van der Waals surface area contributed by atoms with Crippen molar-refractivity contribution in [3.63, 3.8) is 0 Å². The highest BCUT2D eigenvalue weighted by molar-refractivity contribution is 6.10. The lowest BCUT2D eigenvalue weighted by Crippen LogP contribution is -2.34. The van der Waals surface area contributed by atoms with Crippen LogP contribution in [0.1, 0.15) is 6.42 Å². The monoisotopic (exact) mass is 411 g/mol. The van der Waals surface area contributed by atoms with Crippen molar-refractivity contribution >= 4 is 33.3 Å². The summed E-state index contributed by atoms with van der Waals surface area (Å²) < 4.78 is 16.5. The average molecular weight is 412 g/mol. The van der Waals surface area contributed by atoms with Crippen molar-refractivity contribution < 1.29 is 14.2 Å². The van der Waals surface area contributed by atoms with E-state index in [9.17, 15) is 0 Å². The lowest BCUT2D eigenvalue weighted by atomic mass is 10.1. The Morgan fingerprint density at radius 3 is 2.67 bits per heavy atom. The van der Waals surface area contributed by atoms with Gasteiger partial charge in [-0.05, 0) is 32.1 Å². The Bertz CT molecular complexity index is 1060. The lowest BCUT2D eigenvalue weighted by Gasteiger charge is -2.26. The number of benzene rings is 1. The van der Waals surface area contributed by atoms with E-state index in [0.717, 1.165) is 47.0 Å². The number of hydrogen-bond donors (Lipinski definition) is 1. The van der Waals surface area contributed by atoms with Gasteiger partial charge in [0.1, 0.15) is 18.2 Å². The number of pyridine rings is 2. The molecule has 0 aliphatic carbocycles. The Hall–Kier alpha value is -2.84. The number of fused-ring (bicyclic) bond motifs is 3. The molecule has 1 saturated heterocycles. The van der Waals surface area contributed by atoms with Gasteiger partial charge in [0.15, 0.2) is 11.5 Å². The number of aromatic nitrogens is 2. The number of methoxy groups -OCH3 is 2. The molecule has 2 N–H and O–H groups in total. The fraction of sp³-hybridized carbons (Fsp3) is 0.455. The summed E-state index contributed by atoms with van der Waals surface area (Å²) in [4.78, 5) is 13.8. The van der Waals surface area contributed by atoms with E-state index in [0.29, 0.717) is 36.6 Å². The van der Waals surface area contributed by atoms with Crippen LogP contribution in [-0.2, 0) is 4.74 Å². The molecule has 3 heterocycles. The van der Waals surface area contributed by atoms with Crippen molar-refractivity contribution in [1.29, 1.82) is 0 Å². The number of likely N-dealkylation sites (tertiary alicyclic amines) is 1. The molecule has 0 saturated carbocycles. The molecule has 1 aromatic carbocycles. The smallest absolute Gasteiger partial charge is 0.163 e. The van der Waals surface area contributed by atoms with Gasteiger partial charge in [-0.2, -0.15) is 0 Å². The van der Waals surface area contributed by atoms with Crippen molar-refractivity contribution in [3.8, 4) is 11.5 Å². The van der Waals surface area contributed by atoms with Crippen molar-refractivity contribution in [2.24, 2.45) is 0 Å². The van der Waals surface area contributed by atoms with Crippen LogP contribution >= 0.6 is 0 Å². The van der Waals surface area contributed by atoms with Crippen LogP contribution < -0.4 is 20.1 Å². The average Bonchev–Trinajstić information content (AvgIpc) is 3.18. The van der Waals surface area contributed by atoms with E-state index in [1.165, 1.54) is 0 Å². The van der Waals surface area contributed by atoms with Crippen LogP contribution in [0.3, 0.4) is 0 Å². The number of hydrogen-bond acceptors (Lipinski definition) is 8. The van der Waals surface area contributed by atoms with Gasteiger partial charge in [-0.15, -0.1) is 0 Å². The van der Waals surface area contributed by atoms with Gasteiger partial charge in [-0.3, -0.25) is 4.98 Å². The third-order valence-electron chi connectivity index (χ3n) is 5.80. The predicted octanol–water partition coefficient (Wildman–Crippen LogP) is 2.54. The molecule has 4 rings (SSSR count). The molecule has 30 heavy (non-hydrogen) atoms. The van der Waals surface area contributed by atoms with Gasteiger partial charge in [0, 0.05) is 55.2 Å². The number of ether oxygens (including phenoxy) is 3. The first-order chi connectivity index (χ1) is 14.5. The topological polar surface area (TPSA) is 86.0 Å². The highest BCUT2D eigenvalue weighted by Crippen LogP contribution is 2.37. The predicted molar refractivity (Wildman–Crippen MR) is 120 cm³/mol. The zero-order valence-corrected chi connectivity index (χ0v) is 18.0. The lowest BCUT2D eigenvalue weighted by molar-refractivity contribution is 0.144. The molecule has 0 spiro atoms. The molecule has 8 nitrogen and oxygen atoms in total. The second-order valence-electron chi connectivity index (χ2n) is 7.76. The summed E-state index contributed by atoms with van der Waals surface area (Å²) in [5, 5.41) is 2.79. The fourth-order valence-electron chi connectivity index (χ4n) is 4.03. The molecule has 1 aliphatic heterocycles. The molecule has 8 heteroatoms. The Kier molecular flexibility index (Phi) is 5.78. The van der Waals surface area contributed by atoms with E-state index in [-0.39, 0.29) is 0 Å². The highest BCUT2D eigenvalue weighted by atomic mass is 16.5. The normalized spacial score (nSPS) is 17.0. The van der Waals surface area contributed by atoms with Gasteiger partial charge in [-0.25, -0.2) is 4.98 Å². The summed E-state index contributed by atoms with van der Waals surface area (Å²) in [6.45, 7) is 3.05. The van der Waals surface area contributed by atoms with Crippen LogP contribution in [0, 0.1) is 0 Å². The van der Waals surface area contributed by atoms with Gasteiger partial charge in [-0.1, -0.05) is 0 Å². The Balaban J connectivity index is 1.80. The van der Waals surface area contributed by atoms with Gasteiger partial charge in [0.2, 0.25) is 0 Å². The first-order valence-electron chi connectivity index (χ1n) is 10.1. The second-order valence-corrected chi connectivity index (χ2v) is 7.76. The molecule has 2 aromatic heterocycles. The third-order valence-corrected chi connectivity index (χ3v) is 5.80. The van der Waals surface area contributed by atoms with Gasteiger partial charge in [0.25, 0.3) is 0 Å². The van der Waals surface area contributed by atoms with Gasteiger partial charge < -0.3 is 29.7 Å². The molecular formula is C22H29N5O3. The zero-order valence-electron chi connectivity index (χ0n) is 18.0. The van der Waals surface area contributed by atoms with E-state index in [1.54, 1.807) is 20.4 Å². The van der Waals surface area contributed by atoms with E-state index in [4.69, 9.17) is 19.9 Å². The minimum absolute atomic E-state index is 0.419. The number of anilines is 2. The summed E-state index contributed by atoms with van der Waals surface area (Å²) >= 11 is 0. The summed E-state index contributed by atoms with van der Waals surface area (Å²) in [5.41, 5.74) is 7.15. The van der Waals surface area contributed by atoms with E-state index in [2.05, 4.69) is 39.9 Å². The first-order valence-corrected chi connectivity index (χ1v) is 10.1. The number of nitrogens with two attached hydrogens (primary N) is 1. The van der Waals surface area contributed by atoms with Crippen LogP contribution in [0.15, 0.2) is 24.4 Å². The Morgan fingerprint density at radius 1 is 1.13 bits per heavy atom. The van der Waals surface area contributed by atoms with Crippen LogP contribution in [0.2, 0.25) is 0 Å². The largest absolute Gasteiger partial charge is 0.493 e. The molecule has 1 atom stereocenters. The van der Waals surface area contributed by atoms with Gasteiger partial charge >= 0.3 is 0 Å². The van der Waals surface area contributed by atoms with Crippen LogP contribution in [0.4, 0.5) is 11.6 Å². The molecule has 1 fully saturated rings. The van der Waals surface area contributed by atoms with Crippen molar-refractivity contribution in [1.82, 2.24) is 14.9 Å². The summed E-state index contributed by atoms with van der Waals surface area (Å²) in [6, 6.07) is 6.37. The summed E-state index contributed by atoms with van der Waals surface area (Å²) in [7, 11) is 7.51. The Morgan fingerprint density at radius 2 is 1.97 bits per heavy atom. The molecule has 160 valence electrons. The number of likely N-dealkylation sites (N-methyl/N-ethyl adjacent to an activating group) is 2. The van der Waals surface area contributed by atoms with E-state index >= 15 is 0 Å². The maximum atomic E-state index is 6.34. The molecule has 1 unspecified atom stereocenters. The Labute approximate surface area is 176 Å². The van der Waals surface area contributed by atoms with Crippen LogP contribution in [0.5, 0.6) is 11.5 Å². The number of rotatable bonds is 7. The highest BCUT2D eigenvalue weighted by Gasteiger charge is 2.25. The SMILES string of the molecule is COCCOc1cc2ncc3c(N)nc(N(C)C4CCN(C)C4)cc3c2cc1OC. The fourth-order valence-corrected chi connectivity index (χ4v) is 4.03. The van der Waals surface area contributed by atoms with Crippen molar-refractivity contribution in [3.05, 3.63) is 24.4 Å². The van der Waals surface area contributed by atoms with Crippen molar-refractivity contribution in [2.45, 2.75) is 12.5 Å². The minimum Gasteiger partial charge on any atom is -0.493 e. The molecule has 0 amide bonds. The summed E-state index contributed by atoms with van der Waals surface area (Å²) in [6.07, 6.45) is 2.89. The second kappa shape index (κ2) is 8.49. The third kappa shape index (κ3) is 3.80. The zero-order chi connectivity index (χ0) is 21.3. The number of nitrogens with zero attached hydrogens (tertiary/aromatic N) is 4. The molecule has 1 aliphatic rings. The molecule has 0 radical (unpaired) electrons. The van der Waals surface area contributed by atoms with E-state index < -0.39 is 0 Å². The standard InChI is InChI=1S/C22H29N5O3/c1-26-6-5-14(13-26)27(2)21-10-15-16-9-19(29-4)20(30-8-7-28-3)11-18(16)24-12-17(15)22(23)25-21/h9-12,14H,5-8,13H2,1-4H3,(H2,23,25). The molecule has 0 bridgehead atoms.